The maximum Gasteiger partial charge on any atom is 0.255 e. The highest BCUT2D eigenvalue weighted by Crippen LogP contribution is 2.31. The zero-order valence-electron chi connectivity index (χ0n) is 19.6. The number of anilines is 1. The van der Waals surface area contributed by atoms with Crippen molar-refractivity contribution in [3.8, 4) is 0 Å². The summed E-state index contributed by atoms with van der Waals surface area (Å²) in [4.78, 5) is 30.3. The predicted octanol–water partition coefficient (Wildman–Crippen LogP) is 6.29. The van der Waals surface area contributed by atoms with Crippen LogP contribution in [-0.4, -0.2) is 41.2 Å². The summed E-state index contributed by atoms with van der Waals surface area (Å²) in [5.74, 6) is -0.270. The molecule has 1 aliphatic rings. The van der Waals surface area contributed by atoms with Crippen LogP contribution in [-0.2, 0) is 0 Å². The topological polar surface area (TPSA) is 65.2 Å². The van der Waals surface area contributed by atoms with Gasteiger partial charge in [-0.3, -0.25) is 14.5 Å². The molecule has 0 spiro atoms. The molecule has 0 fully saturated rings. The molecule has 1 aromatic heterocycles. The number of hydrogen-bond acceptors (Lipinski definition) is 3. The van der Waals surface area contributed by atoms with Gasteiger partial charge in [-0.1, -0.05) is 44.4 Å². The van der Waals surface area contributed by atoms with Crippen LogP contribution in [0.4, 0.5) is 5.69 Å². The highest BCUT2D eigenvalue weighted by molar-refractivity contribution is 6.07. The summed E-state index contributed by atoms with van der Waals surface area (Å²) in [5.41, 5.74) is 5.40. The van der Waals surface area contributed by atoms with Gasteiger partial charge in [-0.05, 0) is 62.2 Å². The third kappa shape index (κ3) is 5.60. The number of Topliss-reactive ketones (excluding diaryl/α,β-unsaturated/α-hetero) is 1. The molecule has 0 saturated carbocycles. The molecule has 1 amide bonds. The first-order valence-electron chi connectivity index (χ1n) is 12.0. The summed E-state index contributed by atoms with van der Waals surface area (Å²) in [7, 11) is 0. The number of ketones is 1. The number of amides is 1. The Morgan fingerprint density at radius 3 is 2.67 bits per heavy atom. The van der Waals surface area contributed by atoms with Crippen LogP contribution in [0.3, 0.4) is 0 Å². The van der Waals surface area contributed by atoms with Crippen LogP contribution in [0.25, 0.3) is 16.5 Å². The third-order valence-electron chi connectivity index (χ3n) is 6.44. The molecule has 4 rings (SSSR count). The van der Waals surface area contributed by atoms with E-state index in [4.69, 9.17) is 0 Å². The molecule has 0 radical (unpaired) electrons. The minimum Gasteiger partial charge on any atom is -0.361 e. The Morgan fingerprint density at radius 2 is 1.91 bits per heavy atom. The van der Waals surface area contributed by atoms with E-state index >= 15 is 0 Å². The van der Waals surface area contributed by atoms with Crippen LogP contribution < -0.4 is 5.32 Å². The van der Waals surface area contributed by atoms with Crippen LogP contribution in [0.5, 0.6) is 0 Å². The zero-order chi connectivity index (χ0) is 23.2. The van der Waals surface area contributed by atoms with E-state index in [1.54, 1.807) is 24.3 Å². The van der Waals surface area contributed by atoms with Crippen molar-refractivity contribution in [3.05, 3.63) is 71.4 Å². The molecule has 33 heavy (non-hydrogen) atoms. The van der Waals surface area contributed by atoms with E-state index in [0.29, 0.717) is 11.1 Å². The van der Waals surface area contributed by atoms with Crippen molar-refractivity contribution in [3.63, 3.8) is 0 Å². The Balaban J connectivity index is 1.47. The summed E-state index contributed by atoms with van der Waals surface area (Å²) < 4.78 is 0. The van der Waals surface area contributed by atoms with E-state index in [-0.39, 0.29) is 11.7 Å². The van der Waals surface area contributed by atoms with Crippen LogP contribution in [0.1, 0.15) is 72.2 Å². The average Bonchev–Trinajstić information content (AvgIpc) is 3.25. The average molecular weight is 444 g/mol. The first-order chi connectivity index (χ1) is 16.0. The smallest absolute Gasteiger partial charge is 0.255 e. The molecule has 0 atom stereocenters. The van der Waals surface area contributed by atoms with Crippen molar-refractivity contribution in [1.82, 2.24) is 9.88 Å². The lowest BCUT2D eigenvalue weighted by Gasteiger charge is -2.26. The lowest BCUT2D eigenvalue weighted by atomic mass is 9.98. The van der Waals surface area contributed by atoms with Gasteiger partial charge < -0.3 is 10.3 Å². The normalized spacial score (nSPS) is 14.3. The minimum atomic E-state index is -0.217. The summed E-state index contributed by atoms with van der Waals surface area (Å²) in [6.07, 6.45) is 10.7. The molecule has 3 aromatic rings. The number of nitrogens with zero attached hydrogens (tertiary/aromatic N) is 1. The fraction of sp³-hybridized carbons (Fsp3) is 0.357. The largest absolute Gasteiger partial charge is 0.361 e. The van der Waals surface area contributed by atoms with Gasteiger partial charge in [0, 0.05) is 52.6 Å². The summed E-state index contributed by atoms with van der Waals surface area (Å²) in [6, 6.07) is 12.8. The van der Waals surface area contributed by atoms with E-state index in [9.17, 15) is 9.59 Å². The number of nitrogens with one attached hydrogen (secondary N) is 2. The van der Waals surface area contributed by atoms with Gasteiger partial charge in [0.25, 0.3) is 5.91 Å². The first-order valence-corrected chi connectivity index (χ1v) is 12.0. The highest BCUT2D eigenvalue weighted by atomic mass is 16.1. The standard InChI is InChI=1S/C28H33N3O2/c1-3-4-5-6-14-31-15-12-21(13-16-31)26-19-29-27-11-10-24(18-25(26)27)30-28(33)23-9-7-8-22(17-23)20(2)32/h7-12,17-19,29H,3-6,13-16H2,1-2H3,(H,30,33). The minimum absolute atomic E-state index is 0.0525. The Labute approximate surface area is 195 Å². The second-order valence-electron chi connectivity index (χ2n) is 8.89. The lowest BCUT2D eigenvalue weighted by molar-refractivity contribution is 0.101. The molecule has 2 heterocycles. The van der Waals surface area contributed by atoms with Gasteiger partial charge in [-0.15, -0.1) is 0 Å². The van der Waals surface area contributed by atoms with Gasteiger partial charge >= 0.3 is 0 Å². The number of H-pyrrole nitrogens is 1. The molecule has 2 N–H and O–H groups in total. The molecule has 1 aliphatic heterocycles. The molecule has 0 aliphatic carbocycles. The third-order valence-corrected chi connectivity index (χ3v) is 6.44. The van der Waals surface area contributed by atoms with Gasteiger partial charge in [-0.2, -0.15) is 0 Å². The molecule has 5 heteroatoms. The van der Waals surface area contributed by atoms with Crippen molar-refractivity contribution in [2.24, 2.45) is 0 Å². The number of carbonyl (C=O) groups is 2. The molecule has 0 bridgehead atoms. The van der Waals surface area contributed by atoms with Crippen molar-refractivity contribution in [1.29, 1.82) is 0 Å². The number of unbranched alkanes of at least 4 members (excludes halogenated alkanes) is 3. The van der Waals surface area contributed by atoms with Gasteiger partial charge in [0.2, 0.25) is 0 Å². The first kappa shape index (κ1) is 23.0. The lowest BCUT2D eigenvalue weighted by Crippen LogP contribution is -2.29. The number of aromatic nitrogens is 1. The van der Waals surface area contributed by atoms with Crippen molar-refractivity contribution < 1.29 is 9.59 Å². The van der Waals surface area contributed by atoms with E-state index < -0.39 is 0 Å². The van der Waals surface area contributed by atoms with Crippen LogP contribution in [0.2, 0.25) is 0 Å². The molecule has 0 unspecified atom stereocenters. The summed E-state index contributed by atoms with van der Waals surface area (Å²) >= 11 is 0. The Bertz CT molecular complexity index is 1170. The molecular weight excluding hydrogens is 410 g/mol. The van der Waals surface area contributed by atoms with Gasteiger partial charge in [0.1, 0.15) is 0 Å². The second-order valence-corrected chi connectivity index (χ2v) is 8.89. The molecule has 2 aromatic carbocycles. The Morgan fingerprint density at radius 1 is 1.06 bits per heavy atom. The summed E-state index contributed by atoms with van der Waals surface area (Å²) in [5, 5.41) is 4.10. The highest BCUT2D eigenvalue weighted by Gasteiger charge is 2.16. The van der Waals surface area contributed by atoms with Crippen molar-refractivity contribution in [2.45, 2.75) is 46.0 Å². The number of benzene rings is 2. The monoisotopic (exact) mass is 443 g/mol. The fourth-order valence-corrected chi connectivity index (χ4v) is 4.47. The predicted molar refractivity (Wildman–Crippen MR) is 136 cm³/mol. The van der Waals surface area contributed by atoms with Crippen LogP contribution in [0.15, 0.2) is 54.7 Å². The molecular formula is C28H33N3O2. The van der Waals surface area contributed by atoms with Gasteiger partial charge in [0.05, 0.1) is 0 Å². The van der Waals surface area contributed by atoms with Crippen LogP contribution in [0, 0.1) is 0 Å². The zero-order valence-corrected chi connectivity index (χ0v) is 19.6. The number of rotatable bonds is 9. The Hall–Kier alpha value is -3.18. The van der Waals surface area contributed by atoms with E-state index in [0.717, 1.165) is 36.1 Å². The fourth-order valence-electron chi connectivity index (χ4n) is 4.47. The SMILES string of the molecule is CCCCCCN1CC=C(c2c[nH]c3ccc(NC(=O)c4cccc(C(C)=O)c4)cc23)CC1. The number of fused-ring (bicyclic) bond motifs is 1. The van der Waals surface area contributed by atoms with Crippen molar-refractivity contribution in [2.75, 3.05) is 25.0 Å². The Kier molecular flexibility index (Phi) is 7.40. The summed E-state index contributed by atoms with van der Waals surface area (Å²) in [6.45, 7) is 7.02. The number of carbonyl (C=O) groups excluding carboxylic acids is 2. The molecule has 0 saturated heterocycles. The molecule has 172 valence electrons. The van der Waals surface area contributed by atoms with Crippen LogP contribution >= 0.6 is 0 Å². The quantitative estimate of drug-likeness (QED) is 0.302. The van der Waals surface area contributed by atoms with Gasteiger partial charge in [-0.25, -0.2) is 0 Å². The van der Waals surface area contributed by atoms with E-state index in [2.05, 4.69) is 34.4 Å². The number of hydrogen-bond donors (Lipinski definition) is 2. The van der Waals surface area contributed by atoms with Crippen molar-refractivity contribution >= 4 is 33.9 Å². The van der Waals surface area contributed by atoms with E-state index in [1.807, 2.05) is 18.2 Å². The maximum absolute atomic E-state index is 12.8. The second kappa shape index (κ2) is 10.6. The molecule has 5 nitrogen and oxygen atoms in total. The number of aromatic amines is 1. The maximum atomic E-state index is 12.8. The van der Waals surface area contributed by atoms with Gasteiger partial charge in [0.15, 0.2) is 5.78 Å². The van der Waals surface area contributed by atoms with E-state index in [1.165, 1.54) is 50.3 Å².